The molecular formula is C68H47N3Pt-2. The van der Waals surface area contributed by atoms with Gasteiger partial charge in [0.15, 0.2) is 0 Å². The van der Waals surface area contributed by atoms with Crippen molar-refractivity contribution in [2.75, 3.05) is 0 Å². The van der Waals surface area contributed by atoms with Crippen LogP contribution in [0.4, 0.5) is 0 Å². The summed E-state index contributed by atoms with van der Waals surface area (Å²) < 4.78 is 4.28. The van der Waals surface area contributed by atoms with Crippen molar-refractivity contribution in [3.05, 3.63) is 322 Å². The topological polar surface area (TPSA) is 21.7 Å². The Morgan fingerprint density at radius 1 is 0.431 bits per heavy atom. The Balaban J connectivity index is 0.00000504. The predicted octanol–water partition coefficient (Wildman–Crippen LogP) is 13.9. The van der Waals surface area contributed by atoms with Crippen LogP contribution in [0.25, 0.3) is 44.5 Å². The molecule has 14 rings (SSSR count). The molecule has 0 fully saturated rings. The van der Waals surface area contributed by atoms with Gasteiger partial charge in [0, 0.05) is 43.8 Å². The van der Waals surface area contributed by atoms with Gasteiger partial charge in [-0.1, -0.05) is 164 Å². The van der Waals surface area contributed by atoms with Crippen LogP contribution in [0, 0.1) is 32.3 Å². The average Bonchev–Trinajstić information content (AvgIpc) is 4.16. The summed E-state index contributed by atoms with van der Waals surface area (Å²) in [4.78, 5) is 5.42. The molecule has 4 heteroatoms. The summed E-state index contributed by atoms with van der Waals surface area (Å²) in [6, 6.07) is 87.0. The standard InChI is InChI=1S/C68H47N3.Pt/c1-45-19-16-20-46(2)65(45)47-37-38-69-64(41-47)67(60-33-12-6-27-54(60)55-28-7-13-34-61(55)67)50-23-17-21-48(42-50)66(58-31-10-4-25-52(58)53-26-5-11-32-59(53)66)49-22-18-24-51(43-49)68(71-40-39-70(3)44-71)62-35-14-8-29-56(62)57-30-9-15-36-63(57)68;/h4-41H,1-3H3;/q-2;. The van der Waals surface area contributed by atoms with Crippen molar-refractivity contribution in [3.8, 4) is 44.5 Å². The van der Waals surface area contributed by atoms with Gasteiger partial charge in [-0.05, 0) is 116 Å². The Bertz CT molecular complexity index is 3810. The van der Waals surface area contributed by atoms with Gasteiger partial charge in [0.2, 0.25) is 6.33 Å². The Hall–Kier alpha value is -7.97. The van der Waals surface area contributed by atoms with Crippen LogP contribution >= 0.6 is 0 Å². The molecule has 3 aliphatic rings. The van der Waals surface area contributed by atoms with Crippen LogP contribution in [0.15, 0.2) is 231 Å². The molecule has 0 spiro atoms. The molecule has 9 aromatic carbocycles. The number of hydrogen-bond donors (Lipinski definition) is 0. The molecule has 3 aliphatic carbocycles. The van der Waals surface area contributed by atoms with E-state index in [1.165, 1.54) is 83.5 Å². The summed E-state index contributed by atoms with van der Waals surface area (Å²) in [6.07, 6.45) is 9.95. The summed E-state index contributed by atoms with van der Waals surface area (Å²) in [5.74, 6) is 0. The van der Waals surface area contributed by atoms with E-state index in [0.717, 1.165) is 33.5 Å². The van der Waals surface area contributed by atoms with Gasteiger partial charge in [-0.25, -0.2) is 0 Å². The van der Waals surface area contributed by atoms with E-state index in [1.807, 2.05) is 17.8 Å². The second-order valence-electron chi connectivity index (χ2n) is 19.5. The first-order valence-electron chi connectivity index (χ1n) is 24.6. The van der Waals surface area contributed by atoms with E-state index >= 15 is 0 Å². The monoisotopic (exact) mass is 1100 g/mol. The molecule has 0 saturated heterocycles. The predicted molar refractivity (Wildman–Crippen MR) is 283 cm³/mol. The van der Waals surface area contributed by atoms with Gasteiger partial charge < -0.3 is 9.13 Å². The first-order chi connectivity index (χ1) is 34.9. The molecule has 0 radical (unpaired) electrons. The molecule has 346 valence electrons. The molecule has 0 atom stereocenters. The van der Waals surface area contributed by atoms with E-state index in [0.29, 0.717) is 0 Å². The molecule has 2 aromatic heterocycles. The molecule has 2 heterocycles. The molecule has 0 amide bonds. The third kappa shape index (κ3) is 5.83. The van der Waals surface area contributed by atoms with Gasteiger partial charge >= 0.3 is 0 Å². The van der Waals surface area contributed by atoms with Crippen LogP contribution in [0.3, 0.4) is 0 Å². The molecule has 0 N–H and O–H groups in total. The van der Waals surface area contributed by atoms with Crippen LogP contribution in [0.1, 0.15) is 72.5 Å². The number of aryl methyl sites for hydroxylation is 3. The van der Waals surface area contributed by atoms with Crippen LogP contribution in [-0.4, -0.2) is 9.55 Å². The fourth-order valence-electron chi connectivity index (χ4n) is 13.2. The summed E-state index contributed by atoms with van der Waals surface area (Å²) in [5, 5.41) is 0. The van der Waals surface area contributed by atoms with E-state index in [-0.39, 0.29) is 21.1 Å². The molecular weight excluding hydrogens is 1050 g/mol. The maximum absolute atomic E-state index is 5.42. The van der Waals surface area contributed by atoms with Gasteiger partial charge in [0.05, 0.1) is 18.2 Å². The number of fused-ring (bicyclic) bond motifs is 9. The van der Waals surface area contributed by atoms with E-state index in [1.54, 1.807) is 0 Å². The van der Waals surface area contributed by atoms with E-state index in [4.69, 9.17) is 4.98 Å². The normalized spacial score (nSPS) is 14.5. The molecule has 11 aromatic rings. The van der Waals surface area contributed by atoms with Crippen molar-refractivity contribution in [1.82, 2.24) is 9.55 Å². The van der Waals surface area contributed by atoms with Crippen LogP contribution in [-0.2, 0) is 44.5 Å². The smallest absolute Gasteiger partial charge is 0.204 e. The Kier molecular flexibility index (Phi) is 10.1. The van der Waals surface area contributed by atoms with Crippen LogP contribution in [0.2, 0.25) is 0 Å². The molecule has 3 nitrogen and oxygen atoms in total. The second kappa shape index (κ2) is 16.6. The number of benzene rings is 9. The van der Waals surface area contributed by atoms with Gasteiger partial charge in [-0.15, -0.1) is 22.3 Å². The summed E-state index contributed by atoms with van der Waals surface area (Å²) in [7, 11) is 2.05. The zero-order chi connectivity index (χ0) is 47.5. The minimum Gasteiger partial charge on any atom is -0.354 e. The minimum absolute atomic E-state index is 0. The summed E-state index contributed by atoms with van der Waals surface area (Å²) >= 11 is 0. The van der Waals surface area contributed by atoms with E-state index in [9.17, 15) is 0 Å². The zero-order valence-electron chi connectivity index (χ0n) is 40.1. The fourth-order valence-corrected chi connectivity index (χ4v) is 13.2. The molecule has 0 bridgehead atoms. The van der Waals surface area contributed by atoms with Crippen molar-refractivity contribution in [2.24, 2.45) is 7.05 Å². The van der Waals surface area contributed by atoms with Gasteiger partial charge in [0.1, 0.15) is 5.54 Å². The van der Waals surface area contributed by atoms with Gasteiger partial charge in [-0.2, -0.15) is 48.5 Å². The average molecular weight is 1100 g/mol. The Morgan fingerprint density at radius 2 is 0.819 bits per heavy atom. The number of aromatic nitrogens is 3. The van der Waals surface area contributed by atoms with Crippen LogP contribution in [0.5, 0.6) is 0 Å². The Morgan fingerprint density at radius 3 is 1.29 bits per heavy atom. The van der Waals surface area contributed by atoms with Crippen molar-refractivity contribution in [1.29, 1.82) is 0 Å². The molecule has 0 saturated carbocycles. The van der Waals surface area contributed by atoms with Crippen molar-refractivity contribution in [2.45, 2.75) is 30.2 Å². The second-order valence-corrected chi connectivity index (χ2v) is 19.5. The fraction of sp³-hybridized carbons (Fsp3) is 0.0882. The SMILES string of the molecule is Cc1cccc(C)c1-c1ccnc(C2(c3[c-]c(C4(c5[c-]c(C6(n7[c-][n+](C)cc7)c7ccccc7-c7ccccc76)ccc5)c5ccccc5-c5ccccc54)ccc3)c3ccccc3-c3ccccc32)c1.[Pt]. The zero-order valence-corrected chi connectivity index (χ0v) is 42.4. The third-order valence-electron chi connectivity index (χ3n) is 16.0. The number of imidazole rings is 1. The van der Waals surface area contributed by atoms with Crippen molar-refractivity contribution < 1.29 is 25.6 Å². The maximum Gasteiger partial charge on any atom is 0.204 e. The quantitative estimate of drug-likeness (QED) is 0.115. The van der Waals surface area contributed by atoms with Crippen LogP contribution < -0.4 is 4.57 Å². The minimum atomic E-state index is -0.824. The molecule has 72 heavy (non-hydrogen) atoms. The van der Waals surface area contributed by atoms with Gasteiger partial charge in [-0.3, -0.25) is 4.98 Å². The largest absolute Gasteiger partial charge is 0.354 e. The van der Waals surface area contributed by atoms with Crippen molar-refractivity contribution in [3.63, 3.8) is 0 Å². The van der Waals surface area contributed by atoms with Crippen molar-refractivity contribution >= 4 is 0 Å². The third-order valence-corrected chi connectivity index (χ3v) is 16.0. The van der Waals surface area contributed by atoms with E-state index in [2.05, 4.69) is 262 Å². The number of pyridine rings is 1. The number of rotatable bonds is 7. The molecule has 0 unspecified atom stereocenters. The van der Waals surface area contributed by atoms with Gasteiger partial charge in [0.25, 0.3) is 0 Å². The first kappa shape index (κ1) is 44.0. The number of nitrogens with zero attached hydrogens (tertiary/aromatic N) is 3. The Labute approximate surface area is 436 Å². The van der Waals surface area contributed by atoms with E-state index < -0.39 is 16.4 Å². The maximum atomic E-state index is 5.42. The first-order valence-corrected chi connectivity index (χ1v) is 24.6. The number of hydrogen-bond acceptors (Lipinski definition) is 1. The summed E-state index contributed by atoms with van der Waals surface area (Å²) in [5.41, 5.74) is 22.2. The molecule has 0 aliphatic heterocycles. The summed E-state index contributed by atoms with van der Waals surface area (Å²) in [6.45, 7) is 4.42.